The second-order valence-corrected chi connectivity index (χ2v) is 8.81. The quantitative estimate of drug-likeness (QED) is 0.628. The Labute approximate surface area is 177 Å². The molecule has 0 saturated carbocycles. The predicted octanol–water partition coefficient (Wildman–Crippen LogP) is 1.82. The number of hydrogen-bond acceptors (Lipinski definition) is 8. The first kappa shape index (κ1) is 19.0. The fourth-order valence-corrected chi connectivity index (χ4v) is 5.36. The third-order valence-electron chi connectivity index (χ3n) is 5.91. The van der Waals surface area contributed by atoms with Gasteiger partial charge in [0.1, 0.15) is 6.04 Å². The van der Waals surface area contributed by atoms with Gasteiger partial charge in [-0.3, -0.25) is 14.2 Å². The van der Waals surface area contributed by atoms with E-state index in [0.29, 0.717) is 18.3 Å². The van der Waals surface area contributed by atoms with Crippen molar-refractivity contribution >= 4 is 22.4 Å². The minimum absolute atomic E-state index is 0.0159. The number of anilines is 1. The average molecular weight is 427 g/mol. The fraction of sp³-hybridized carbons (Fsp3) is 0.450. The second kappa shape index (κ2) is 7.35. The van der Waals surface area contributed by atoms with Gasteiger partial charge in [0.15, 0.2) is 11.0 Å². The summed E-state index contributed by atoms with van der Waals surface area (Å²) in [6.07, 6.45) is 2.67. The smallest absolute Gasteiger partial charge is 0.251 e. The van der Waals surface area contributed by atoms with Crippen molar-refractivity contribution in [1.82, 2.24) is 24.6 Å². The van der Waals surface area contributed by atoms with E-state index >= 15 is 0 Å². The molecular formula is C20H22N6O3S. The number of thiazole rings is 1. The van der Waals surface area contributed by atoms with Gasteiger partial charge in [-0.2, -0.15) is 4.98 Å². The molecule has 1 amide bonds. The van der Waals surface area contributed by atoms with Crippen LogP contribution in [0.3, 0.4) is 0 Å². The Hall–Kier alpha value is -3.01. The molecule has 5 rings (SSSR count). The van der Waals surface area contributed by atoms with E-state index < -0.39 is 6.04 Å². The van der Waals surface area contributed by atoms with Gasteiger partial charge in [0, 0.05) is 62.2 Å². The molecule has 0 aromatic carbocycles. The van der Waals surface area contributed by atoms with Crippen LogP contribution >= 0.6 is 11.3 Å². The summed E-state index contributed by atoms with van der Waals surface area (Å²) in [5.41, 5.74) is 0.786. The van der Waals surface area contributed by atoms with Gasteiger partial charge >= 0.3 is 0 Å². The summed E-state index contributed by atoms with van der Waals surface area (Å²) in [7, 11) is 1.72. The molecule has 156 valence electrons. The summed E-state index contributed by atoms with van der Waals surface area (Å²) in [5.74, 6) is 0.999. The highest BCUT2D eigenvalue weighted by Crippen LogP contribution is 2.43. The van der Waals surface area contributed by atoms with Crippen LogP contribution in [0.25, 0.3) is 0 Å². The first-order chi connectivity index (χ1) is 14.5. The number of rotatable bonds is 4. The number of amides is 1. The molecule has 2 aliphatic heterocycles. The molecule has 9 nitrogen and oxygen atoms in total. The highest BCUT2D eigenvalue weighted by molar-refractivity contribution is 7.13. The van der Waals surface area contributed by atoms with Crippen LogP contribution in [0, 0.1) is 12.8 Å². The van der Waals surface area contributed by atoms with Gasteiger partial charge in [0.2, 0.25) is 11.8 Å². The molecular weight excluding hydrogens is 404 g/mol. The van der Waals surface area contributed by atoms with Crippen molar-refractivity contribution in [2.24, 2.45) is 5.92 Å². The van der Waals surface area contributed by atoms with E-state index in [9.17, 15) is 9.59 Å². The Morgan fingerprint density at radius 3 is 2.97 bits per heavy atom. The number of aromatic nitrogens is 4. The largest absolute Gasteiger partial charge is 0.347 e. The van der Waals surface area contributed by atoms with Crippen molar-refractivity contribution in [3.05, 3.63) is 57.5 Å². The molecule has 2 bridgehead atoms. The molecule has 3 aromatic rings. The minimum atomic E-state index is -0.564. The number of hydrogen-bond donors (Lipinski definition) is 0. The highest BCUT2D eigenvalue weighted by atomic mass is 32.1. The Balaban J connectivity index is 1.50. The maximum absolute atomic E-state index is 13.6. The molecule has 3 aromatic heterocycles. The first-order valence-corrected chi connectivity index (χ1v) is 10.8. The van der Waals surface area contributed by atoms with Crippen molar-refractivity contribution < 1.29 is 9.32 Å². The number of piperidine rings is 1. The molecule has 5 heterocycles. The standard InChI is InChI=1S/C20H22N6O3S/c1-12-22-16(23-29-12)11-24(2)19(28)18-14-8-13(15-4-3-5-17(27)26(15)18)9-25(10-14)20-21-6-7-30-20/h3-7,13-14,18H,8-11H2,1-2H3/t13-,14+,18-/m1/s1. The molecule has 1 fully saturated rings. The third-order valence-corrected chi connectivity index (χ3v) is 6.75. The zero-order chi connectivity index (χ0) is 20.8. The van der Waals surface area contributed by atoms with Crippen molar-refractivity contribution in [3.8, 4) is 0 Å². The molecule has 0 spiro atoms. The van der Waals surface area contributed by atoms with E-state index in [1.165, 1.54) is 6.07 Å². The Morgan fingerprint density at radius 2 is 2.23 bits per heavy atom. The van der Waals surface area contributed by atoms with E-state index in [2.05, 4.69) is 20.0 Å². The number of fused-ring (bicyclic) bond motifs is 4. The average Bonchev–Trinajstić information content (AvgIpc) is 3.40. The summed E-state index contributed by atoms with van der Waals surface area (Å²) in [5, 5.41) is 6.81. The Morgan fingerprint density at radius 1 is 1.37 bits per heavy atom. The monoisotopic (exact) mass is 426 g/mol. The lowest BCUT2D eigenvalue weighted by atomic mass is 9.78. The third kappa shape index (κ3) is 3.20. The Bertz CT molecular complexity index is 1120. The molecule has 30 heavy (non-hydrogen) atoms. The van der Waals surface area contributed by atoms with E-state index in [-0.39, 0.29) is 29.8 Å². The molecule has 0 unspecified atom stereocenters. The normalized spacial score (nSPS) is 22.6. The van der Waals surface area contributed by atoms with Crippen molar-refractivity contribution in [2.45, 2.75) is 31.8 Å². The van der Waals surface area contributed by atoms with E-state index in [1.807, 2.05) is 11.4 Å². The zero-order valence-corrected chi connectivity index (χ0v) is 17.6. The number of carbonyl (C=O) groups is 1. The molecule has 0 N–H and O–H groups in total. The fourth-order valence-electron chi connectivity index (χ4n) is 4.70. The van der Waals surface area contributed by atoms with Gasteiger partial charge in [-0.15, -0.1) is 11.3 Å². The summed E-state index contributed by atoms with van der Waals surface area (Å²) in [4.78, 5) is 38.9. The van der Waals surface area contributed by atoms with E-state index in [0.717, 1.165) is 23.8 Å². The molecule has 0 radical (unpaired) electrons. The number of aryl methyl sites for hydroxylation is 1. The van der Waals surface area contributed by atoms with Gasteiger partial charge < -0.3 is 14.3 Å². The lowest BCUT2D eigenvalue weighted by Crippen LogP contribution is -2.53. The molecule has 10 heteroatoms. The molecule has 3 atom stereocenters. The van der Waals surface area contributed by atoms with Gasteiger partial charge in [-0.25, -0.2) is 4.98 Å². The number of likely N-dealkylation sites (N-methyl/N-ethyl adjacent to an activating group) is 1. The number of pyridine rings is 1. The number of nitrogens with zero attached hydrogens (tertiary/aromatic N) is 6. The maximum atomic E-state index is 13.6. The lowest BCUT2D eigenvalue weighted by Gasteiger charge is -2.46. The van der Waals surface area contributed by atoms with Gasteiger partial charge in [0.25, 0.3) is 5.56 Å². The Kier molecular flexibility index (Phi) is 4.65. The van der Waals surface area contributed by atoms with Crippen LogP contribution in [-0.4, -0.2) is 50.6 Å². The molecule has 1 saturated heterocycles. The van der Waals surface area contributed by atoms with Crippen LogP contribution in [0.1, 0.15) is 35.8 Å². The van der Waals surface area contributed by atoms with Crippen LogP contribution < -0.4 is 10.5 Å². The van der Waals surface area contributed by atoms with Crippen molar-refractivity contribution in [3.63, 3.8) is 0 Å². The SMILES string of the molecule is Cc1nc(CN(C)C(=O)[C@H]2[C@H]3C[C@H](CN(c4nccs4)C3)c3cccc(=O)n32)no1. The second-order valence-electron chi connectivity index (χ2n) is 7.94. The van der Waals surface area contributed by atoms with Crippen LogP contribution in [0.4, 0.5) is 5.13 Å². The van der Waals surface area contributed by atoms with Crippen LogP contribution in [0.15, 0.2) is 39.1 Å². The molecule has 0 aliphatic carbocycles. The topological polar surface area (TPSA) is 97.4 Å². The van der Waals surface area contributed by atoms with E-state index in [4.69, 9.17) is 4.52 Å². The van der Waals surface area contributed by atoms with Crippen molar-refractivity contribution in [2.75, 3.05) is 25.0 Å². The molecule has 2 aliphatic rings. The first-order valence-electron chi connectivity index (χ1n) is 9.91. The highest BCUT2D eigenvalue weighted by Gasteiger charge is 2.45. The van der Waals surface area contributed by atoms with Gasteiger partial charge in [0.05, 0.1) is 6.54 Å². The van der Waals surface area contributed by atoms with E-state index in [1.54, 1.807) is 47.0 Å². The maximum Gasteiger partial charge on any atom is 0.251 e. The lowest BCUT2D eigenvalue weighted by molar-refractivity contribution is -0.136. The van der Waals surface area contributed by atoms with Crippen molar-refractivity contribution in [1.29, 1.82) is 0 Å². The van der Waals surface area contributed by atoms with Gasteiger partial charge in [-0.1, -0.05) is 11.2 Å². The van der Waals surface area contributed by atoms with Crippen LogP contribution in [0.5, 0.6) is 0 Å². The summed E-state index contributed by atoms with van der Waals surface area (Å²) >= 11 is 1.60. The van der Waals surface area contributed by atoms with Crippen LogP contribution in [-0.2, 0) is 11.3 Å². The summed E-state index contributed by atoms with van der Waals surface area (Å²) in [6.45, 7) is 3.43. The zero-order valence-electron chi connectivity index (χ0n) is 16.8. The minimum Gasteiger partial charge on any atom is -0.347 e. The number of carbonyl (C=O) groups excluding carboxylic acids is 1. The predicted molar refractivity (Wildman–Crippen MR) is 110 cm³/mol. The summed E-state index contributed by atoms with van der Waals surface area (Å²) < 4.78 is 6.73. The summed E-state index contributed by atoms with van der Waals surface area (Å²) in [6, 6.07) is 4.72. The van der Waals surface area contributed by atoms with Gasteiger partial charge in [-0.05, 0) is 12.5 Å². The van der Waals surface area contributed by atoms with Crippen LogP contribution in [0.2, 0.25) is 0 Å².